The van der Waals surface area contributed by atoms with Crippen molar-refractivity contribution in [3.63, 3.8) is 0 Å². The van der Waals surface area contributed by atoms with E-state index in [1.807, 2.05) is 64.1 Å². The number of amides is 1. The highest BCUT2D eigenvalue weighted by Crippen LogP contribution is 2.25. The van der Waals surface area contributed by atoms with Gasteiger partial charge in [0, 0.05) is 12.6 Å². The smallest absolute Gasteiger partial charge is 0.262 e. The Morgan fingerprint density at radius 2 is 1.85 bits per heavy atom. The van der Waals surface area contributed by atoms with Crippen molar-refractivity contribution in [1.29, 1.82) is 0 Å². The maximum atomic E-state index is 13.0. The first-order valence-electron chi connectivity index (χ1n) is 8.81. The van der Waals surface area contributed by atoms with Crippen molar-refractivity contribution in [3.05, 3.63) is 46.8 Å². The van der Waals surface area contributed by atoms with Gasteiger partial charge in [0.2, 0.25) is 5.91 Å². The van der Waals surface area contributed by atoms with Crippen LogP contribution in [0.25, 0.3) is 21.7 Å². The minimum atomic E-state index is -0.333. The Labute approximate surface area is 156 Å². The SMILES string of the molecule is CCn1c(S[C@@H](C)C(=O)NC(C)C)nc2cc3ccccc3cc2c1=O. The third-order valence-electron chi connectivity index (χ3n) is 4.19. The third kappa shape index (κ3) is 3.60. The van der Waals surface area contributed by atoms with E-state index in [2.05, 4.69) is 5.32 Å². The van der Waals surface area contributed by atoms with Crippen LogP contribution < -0.4 is 10.9 Å². The Morgan fingerprint density at radius 1 is 1.19 bits per heavy atom. The maximum absolute atomic E-state index is 13.0. The van der Waals surface area contributed by atoms with Crippen molar-refractivity contribution < 1.29 is 4.79 Å². The Balaban J connectivity index is 2.08. The second-order valence-electron chi connectivity index (χ2n) is 6.58. The molecule has 0 radical (unpaired) electrons. The summed E-state index contributed by atoms with van der Waals surface area (Å²) in [6.45, 7) is 8.11. The Morgan fingerprint density at radius 3 is 2.46 bits per heavy atom. The van der Waals surface area contributed by atoms with Gasteiger partial charge in [-0.3, -0.25) is 14.2 Å². The molecule has 0 saturated carbocycles. The monoisotopic (exact) mass is 369 g/mol. The molecule has 1 aromatic heterocycles. The summed E-state index contributed by atoms with van der Waals surface area (Å²) in [5.41, 5.74) is 0.597. The molecule has 1 atom stereocenters. The van der Waals surface area contributed by atoms with Gasteiger partial charge in [-0.05, 0) is 50.6 Å². The van der Waals surface area contributed by atoms with Crippen LogP contribution >= 0.6 is 11.8 Å². The predicted molar refractivity (Wildman–Crippen MR) is 108 cm³/mol. The molecule has 1 heterocycles. The predicted octanol–water partition coefficient (Wildman–Crippen LogP) is 3.57. The van der Waals surface area contributed by atoms with Crippen molar-refractivity contribution >= 4 is 39.3 Å². The normalized spacial score (nSPS) is 12.7. The molecule has 0 fully saturated rings. The van der Waals surface area contributed by atoms with Gasteiger partial charge < -0.3 is 5.32 Å². The number of carbonyl (C=O) groups is 1. The van der Waals surface area contributed by atoms with Crippen LogP contribution in [0.3, 0.4) is 0 Å². The summed E-state index contributed by atoms with van der Waals surface area (Å²) in [7, 11) is 0. The fourth-order valence-corrected chi connectivity index (χ4v) is 3.85. The Kier molecular flexibility index (Phi) is 5.32. The molecule has 0 bridgehead atoms. The molecule has 0 unspecified atom stereocenters. The lowest BCUT2D eigenvalue weighted by molar-refractivity contribution is -0.120. The number of aromatic nitrogens is 2. The summed E-state index contributed by atoms with van der Waals surface area (Å²) in [6.07, 6.45) is 0. The molecular weight excluding hydrogens is 346 g/mol. The number of thioether (sulfide) groups is 1. The van der Waals surface area contributed by atoms with E-state index in [-0.39, 0.29) is 22.8 Å². The number of hydrogen-bond donors (Lipinski definition) is 1. The van der Waals surface area contributed by atoms with Crippen LogP contribution in [-0.2, 0) is 11.3 Å². The van der Waals surface area contributed by atoms with E-state index in [1.54, 1.807) is 4.57 Å². The van der Waals surface area contributed by atoms with Crippen LogP contribution in [0.4, 0.5) is 0 Å². The average Bonchev–Trinajstić information content (AvgIpc) is 2.60. The second kappa shape index (κ2) is 7.50. The molecule has 0 aliphatic carbocycles. The molecule has 0 saturated heterocycles. The number of hydrogen-bond acceptors (Lipinski definition) is 4. The van der Waals surface area contributed by atoms with E-state index in [4.69, 9.17) is 4.98 Å². The van der Waals surface area contributed by atoms with Gasteiger partial charge in [-0.25, -0.2) is 4.98 Å². The summed E-state index contributed by atoms with van der Waals surface area (Å²) in [5, 5.41) is 5.81. The lowest BCUT2D eigenvalue weighted by atomic mass is 10.1. The zero-order valence-electron chi connectivity index (χ0n) is 15.4. The first kappa shape index (κ1) is 18.5. The topological polar surface area (TPSA) is 64.0 Å². The van der Waals surface area contributed by atoms with E-state index in [0.717, 1.165) is 10.8 Å². The minimum Gasteiger partial charge on any atom is -0.353 e. The second-order valence-corrected chi connectivity index (χ2v) is 7.89. The van der Waals surface area contributed by atoms with Gasteiger partial charge >= 0.3 is 0 Å². The summed E-state index contributed by atoms with van der Waals surface area (Å²) in [5.74, 6) is -0.0551. The van der Waals surface area contributed by atoms with Crippen molar-refractivity contribution in [1.82, 2.24) is 14.9 Å². The summed E-state index contributed by atoms with van der Waals surface area (Å²) in [4.78, 5) is 29.9. The largest absolute Gasteiger partial charge is 0.353 e. The molecule has 5 nitrogen and oxygen atoms in total. The number of carbonyl (C=O) groups excluding carboxylic acids is 1. The van der Waals surface area contributed by atoms with Crippen LogP contribution in [-0.4, -0.2) is 26.8 Å². The van der Waals surface area contributed by atoms with Crippen LogP contribution in [0.15, 0.2) is 46.3 Å². The van der Waals surface area contributed by atoms with Gasteiger partial charge in [0.15, 0.2) is 5.16 Å². The molecule has 2 aromatic carbocycles. The zero-order chi connectivity index (χ0) is 18.8. The van der Waals surface area contributed by atoms with Gasteiger partial charge in [-0.1, -0.05) is 36.0 Å². The fourth-order valence-electron chi connectivity index (χ4n) is 2.87. The van der Waals surface area contributed by atoms with Gasteiger partial charge in [0.25, 0.3) is 5.56 Å². The molecule has 0 spiro atoms. The van der Waals surface area contributed by atoms with E-state index in [9.17, 15) is 9.59 Å². The van der Waals surface area contributed by atoms with Crippen molar-refractivity contribution in [2.24, 2.45) is 0 Å². The van der Waals surface area contributed by atoms with Crippen LogP contribution in [0.2, 0.25) is 0 Å². The molecule has 3 aromatic rings. The number of nitrogens with one attached hydrogen (secondary N) is 1. The van der Waals surface area contributed by atoms with Crippen molar-refractivity contribution in [2.75, 3.05) is 0 Å². The van der Waals surface area contributed by atoms with Gasteiger partial charge in [0.05, 0.1) is 16.2 Å². The first-order chi connectivity index (χ1) is 12.4. The maximum Gasteiger partial charge on any atom is 0.262 e. The Hall–Kier alpha value is -2.34. The molecule has 26 heavy (non-hydrogen) atoms. The van der Waals surface area contributed by atoms with E-state index < -0.39 is 0 Å². The van der Waals surface area contributed by atoms with Crippen LogP contribution in [0, 0.1) is 0 Å². The molecule has 1 amide bonds. The number of nitrogens with zero attached hydrogens (tertiary/aromatic N) is 2. The summed E-state index contributed by atoms with van der Waals surface area (Å²) < 4.78 is 1.64. The highest BCUT2D eigenvalue weighted by molar-refractivity contribution is 8.00. The van der Waals surface area contributed by atoms with Crippen molar-refractivity contribution in [2.45, 2.75) is 50.7 Å². The Bertz CT molecular complexity index is 1030. The number of fused-ring (bicyclic) bond motifs is 2. The van der Waals surface area contributed by atoms with Crippen LogP contribution in [0.1, 0.15) is 27.7 Å². The highest BCUT2D eigenvalue weighted by Gasteiger charge is 2.19. The van der Waals surface area contributed by atoms with E-state index in [0.29, 0.717) is 22.6 Å². The fraction of sp³-hybridized carbons (Fsp3) is 0.350. The first-order valence-corrected chi connectivity index (χ1v) is 9.69. The van der Waals surface area contributed by atoms with E-state index >= 15 is 0 Å². The molecule has 0 aliphatic rings. The molecular formula is C20H23N3O2S. The van der Waals surface area contributed by atoms with Crippen molar-refractivity contribution in [3.8, 4) is 0 Å². The molecule has 6 heteroatoms. The third-order valence-corrected chi connectivity index (χ3v) is 5.28. The summed E-state index contributed by atoms with van der Waals surface area (Å²) >= 11 is 1.32. The van der Waals surface area contributed by atoms with E-state index in [1.165, 1.54) is 11.8 Å². The number of benzene rings is 2. The van der Waals surface area contributed by atoms with Gasteiger partial charge in [-0.15, -0.1) is 0 Å². The minimum absolute atomic E-state index is 0.0551. The average molecular weight is 369 g/mol. The summed E-state index contributed by atoms with van der Waals surface area (Å²) in [6, 6.07) is 11.8. The van der Waals surface area contributed by atoms with Gasteiger partial charge in [0.1, 0.15) is 0 Å². The van der Waals surface area contributed by atoms with Crippen LogP contribution in [0.5, 0.6) is 0 Å². The van der Waals surface area contributed by atoms with Gasteiger partial charge in [-0.2, -0.15) is 0 Å². The molecule has 136 valence electrons. The number of rotatable bonds is 5. The zero-order valence-corrected chi connectivity index (χ0v) is 16.3. The quantitative estimate of drug-likeness (QED) is 0.424. The standard InChI is InChI=1S/C20H23N3O2S/c1-5-23-19(25)16-10-14-8-6-7-9-15(14)11-17(16)22-20(23)26-13(4)18(24)21-12(2)3/h6-13H,5H2,1-4H3,(H,21,24)/t13-/m0/s1. The highest BCUT2D eigenvalue weighted by atomic mass is 32.2. The lowest BCUT2D eigenvalue weighted by Gasteiger charge is -2.16. The molecule has 3 rings (SSSR count). The molecule has 0 aliphatic heterocycles. The lowest BCUT2D eigenvalue weighted by Crippen LogP contribution is -2.36. The molecule has 1 N–H and O–H groups in total.